The lowest BCUT2D eigenvalue weighted by molar-refractivity contribution is -0.274. The summed E-state index contributed by atoms with van der Waals surface area (Å²) < 4.78 is 46.5. The maximum absolute atomic E-state index is 12.4. The van der Waals surface area contributed by atoms with Crippen LogP contribution >= 0.6 is 0 Å². The van der Waals surface area contributed by atoms with Crippen LogP contribution in [0.2, 0.25) is 0 Å². The molecule has 4 nitrogen and oxygen atoms in total. The summed E-state index contributed by atoms with van der Waals surface area (Å²) in [4.78, 5) is 12.2. The van der Waals surface area contributed by atoms with Crippen LogP contribution in [0.25, 0.3) is 0 Å². The molecule has 3 rings (SSSR count). The summed E-state index contributed by atoms with van der Waals surface area (Å²) in [7, 11) is 0. The Morgan fingerprint density at radius 2 is 1.83 bits per heavy atom. The van der Waals surface area contributed by atoms with Crippen LogP contribution < -0.4 is 14.8 Å². The molecule has 2 aromatic rings. The minimum Gasteiger partial charge on any atom is -0.480 e. The lowest BCUT2D eigenvalue weighted by Crippen LogP contribution is -2.31. The minimum atomic E-state index is -4.83. The third-order valence-corrected chi connectivity index (χ3v) is 3.31. The summed E-state index contributed by atoms with van der Waals surface area (Å²) in [5, 5.41) is 2.42. The van der Waals surface area contributed by atoms with E-state index < -0.39 is 24.1 Å². The number of halogens is 3. The van der Waals surface area contributed by atoms with Gasteiger partial charge in [0.2, 0.25) is 0 Å². The first kappa shape index (κ1) is 15.2. The second-order valence-electron chi connectivity index (χ2n) is 4.95. The van der Waals surface area contributed by atoms with Gasteiger partial charge in [0.15, 0.2) is 11.9 Å². The van der Waals surface area contributed by atoms with Crippen molar-refractivity contribution in [2.45, 2.75) is 18.9 Å². The highest BCUT2D eigenvalue weighted by Gasteiger charge is 2.33. The van der Waals surface area contributed by atoms with Crippen molar-refractivity contribution in [3.05, 3.63) is 54.1 Å². The number of carbonyl (C=O) groups excluding carboxylic acids is 1. The zero-order valence-electron chi connectivity index (χ0n) is 11.8. The van der Waals surface area contributed by atoms with Crippen LogP contribution in [0.3, 0.4) is 0 Å². The number of nitrogens with one attached hydrogen (secondary N) is 1. The molecule has 0 fully saturated rings. The average molecular weight is 323 g/mol. The van der Waals surface area contributed by atoms with Crippen molar-refractivity contribution in [3.8, 4) is 11.5 Å². The first-order valence-corrected chi connectivity index (χ1v) is 6.82. The molecule has 0 radical (unpaired) electrons. The Hall–Kier alpha value is -2.70. The summed E-state index contributed by atoms with van der Waals surface area (Å²) in [5.41, 5.74) is 0.821. The normalized spacial score (nSPS) is 16.4. The maximum atomic E-state index is 12.4. The molecular formula is C16H12F3NO3. The number of carbonyl (C=O) groups is 1. The van der Waals surface area contributed by atoms with Crippen LogP contribution in [0.1, 0.15) is 5.56 Å². The van der Waals surface area contributed by atoms with E-state index in [1.165, 1.54) is 18.2 Å². The van der Waals surface area contributed by atoms with Gasteiger partial charge >= 0.3 is 6.36 Å². The molecule has 1 heterocycles. The van der Waals surface area contributed by atoms with Gasteiger partial charge in [-0.1, -0.05) is 30.3 Å². The molecule has 1 aliphatic heterocycles. The quantitative estimate of drug-likeness (QED) is 0.940. The highest BCUT2D eigenvalue weighted by Crippen LogP contribution is 2.32. The van der Waals surface area contributed by atoms with Gasteiger partial charge in [0.05, 0.1) is 5.69 Å². The van der Waals surface area contributed by atoms with Crippen molar-refractivity contribution in [3.63, 3.8) is 0 Å². The van der Waals surface area contributed by atoms with Crippen LogP contribution in [-0.2, 0) is 11.2 Å². The molecule has 0 aromatic heterocycles. The Bertz CT molecular complexity index is 706. The molecule has 0 bridgehead atoms. The van der Waals surface area contributed by atoms with Gasteiger partial charge in [0, 0.05) is 6.42 Å². The topological polar surface area (TPSA) is 47.6 Å². The van der Waals surface area contributed by atoms with E-state index in [0.29, 0.717) is 12.2 Å². The molecule has 0 aliphatic carbocycles. The number of hydrogen-bond acceptors (Lipinski definition) is 3. The van der Waals surface area contributed by atoms with Gasteiger partial charge in [0.25, 0.3) is 5.91 Å². The second kappa shape index (κ2) is 5.83. The fourth-order valence-electron chi connectivity index (χ4n) is 2.33. The highest BCUT2D eigenvalue weighted by molar-refractivity contribution is 5.96. The molecule has 120 valence electrons. The van der Waals surface area contributed by atoms with Crippen LogP contribution in [-0.4, -0.2) is 18.4 Å². The molecule has 2 aromatic carbocycles. The van der Waals surface area contributed by atoms with E-state index in [9.17, 15) is 18.0 Å². The lowest BCUT2D eigenvalue weighted by Gasteiger charge is -2.15. The first-order chi connectivity index (χ1) is 10.9. The number of hydrogen-bond donors (Lipinski definition) is 1. The number of fused-ring (bicyclic) bond motifs is 1. The van der Waals surface area contributed by atoms with Gasteiger partial charge in [-0.05, 0) is 23.8 Å². The van der Waals surface area contributed by atoms with Crippen molar-refractivity contribution < 1.29 is 27.4 Å². The third-order valence-electron chi connectivity index (χ3n) is 3.31. The Kier molecular flexibility index (Phi) is 3.85. The molecule has 0 unspecified atom stereocenters. The number of benzene rings is 2. The van der Waals surface area contributed by atoms with Gasteiger partial charge < -0.3 is 14.8 Å². The summed E-state index contributed by atoms with van der Waals surface area (Å²) >= 11 is 0. The Labute approximate surface area is 129 Å². The molecule has 0 saturated carbocycles. The van der Waals surface area contributed by atoms with Gasteiger partial charge in [-0.15, -0.1) is 13.2 Å². The van der Waals surface area contributed by atoms with Crippen molar-refractivity contribution in [1.82, 2.24) is 0 Å². The van der Waals surface area contributed by atoms with E-state index >= 15 is 0 Å². The number of ether oxygens (including phenoxy) is 2. The number of para-hydroxylation sites is 3. The fourth-order valence-corrected chi connectivity index (χ4v) is 2.33. The molecule has 0 saturated heterocycles. The Balaban J connectivity index is 1.72. The molecule has 1 N–H and O–H groups in total. The standard InChI is InChI=1S/C16H12F3NO3/c17-16(18,19)23-13-8-4-2-6-11(13)20-15(21)14-9-10-5-1-3-7-12(10)22-14/h1-8,14H,9H2,(H,20,21)/t14-/m0/s1. The average Bonchev–Trinajstić information content (AvgIpc) is 2.92. The van der Waals surface area contributed by atoms with Gasteiger partial charge in [-0.3, -0.25) is 4.79 Å². The highest BCUT2D eigenvalue weighted by atomic mass is 19.4. The molecule has 0 spiro atoms. The van der Waals surface area contributed by atoms with E-state index in [1.54, 1.807) is 12.1 Å². The monoisotopic (exact) mass is 323 g/mol. The van der Waals surface area contributed by atoms with E-state index in [4.69, 9.17) is 4.74 Å². The van der Waals surface area contributed by atoms with Crippen LogP contribution in [0.5, 0.6) is 11.5 Å². The smallest absolute Gasteiger partial charge is 0.480 e. The number of anilines is 1. The predicted molar refractivity (Wildman–Crippen MR) is 76.3 cm³/mol. The summed E-state index contributed by atoms with van der Waals surface area (Å²) in [6, 6.07) is 12.5. The molecule has 1 aliphatic rings. The molecule has 7 heteroatoms. The summed E-state index contributed by atoms with van der Waals surface area (Å²) in [5.74, 6) is -0.393. The summed E-state index contributed by atoms with van der Waals surface area (Å²) in [6.07, 6.45) is -5.25. The van der Waals surface area contributed by atoms with E-state index in [-0.39, 0.29) is 5.69 Å². The Morgan fingerprint density at radius 3 is 2.57 bits per heavy atom. The Morgan fingerprint density at radius 1 is 1.13 bits per heavy atom. The van der Waals surface area contributed by atoms with Gasteiger partial charge in [-0.2, -0.15) is 0 Å². The second-order valence-corrected chi connectivity index (χ2v) is 4.95. The molecular weight excluding hydrogens is 311 g/mol. The fraction of sp³-hybridized carbons (Fsp3) is 0.188. The SMILES string of the molecule is O=C(Nc1ccccc1OC(F)(F)F)[C@@H]1Cc2ccccc2O1. The van der Waals surface area contributed by atoms with Gasteiger partial charge in [-0.25, -0.2) is 0 Å². The van der Waals surface area contributed by atoms with Crippen molar-refractivity contribution in [2.24, 2.45) is 0 Å². The zero-order chi connectivity index (χ0) is 16.4. The van der Waals surface area contributed by atoms with E-state index in [1.807, 2.05) is 12.1 Å². The van der Waals surface area contributed by atoms with E-state index in [0.717, 1.165) is 11.6 Å². The van der Waals surface area contributed by atoms with Crippen LogP contribution in [0.15, 0.2) is 48.5 Å². The lowest BCUT2D eigenvalue weighted by atomic mass is 10.1. The molecule has 1 atom stereocenters. The van der Waals surface area contributed by atoms with Crippen molar-refractivity contribution >= 4 is 11.6 Å². The van der Waals surface area contributed by atoms with Gasteiger partial charge in [0.1, 0.15) is 5.75 Å². The number of alkyl halides is 3. The maximum Gasteiger partial charge on any atom is 0.573 e. The van der Waals surface area contributed by atoms with Crippen LogP contribution in [0.4, 0.5) is 18.9 Å². The number of amides is 1. The summed E-state index contributed by atoms with van der Waals surface area (Å²) in [6.45, 7) is 0. The van der Waals surface area contributed by atoms with Crippen molar-refractivity contribution in [1.29, 1.82) is 0 Å². The van der Waals surface area contributed by atoms with Crippen LogP contribution in [0, 0.1) is 0 Å². The van der Waals surface area contributed by atoms with E-state index in [2.05, 4.69) is 10.1 Å². The number of rotatable bonds is 3. The zero-order valence-corrected chi connectivity index (χ0v) is 11.8. The van der Waals surface area contributed by atoms with Crippen molar-refractivity contribution in [2.75, 3.05) is 5.32 Å². The molecule has 23 heavy (non-hydrogen) atoms. The largest absolute Gasteiger partial charge is 0.573 e. The predicted octanol–water partition coefficient (Wildman–Crippen LogP) is 3.53. The third kappa shape index (κ3) is 3.56. The first-order valence-electron chi connectivity index (χ1n) is 6.82. The molecule has 1 amide bonds. The minimum absolute atomic E-state index is 0.0608.